The summed E-state index contributed by atoms with van der Waals surface area (Å²) < 4.78 is 27.4. The van der Waals surface area contributed by atoms with Crippen LogP contribution in [0.1, 0.15) is 37.7 Å². The number of nitrogens with zero attached hydrogens (tertiary/aromatic N) is 4. The van der Waals surface area contributed by atoms with E-state index in [0.717, 1.165) is 57.2 Å². The van der Waals surface area contributed by atoms with Gasteiger partial charge >= 0.3 is 0 Å². The van der Waals surface area contributed by atoms with Crippen LogP contribution in [0.25, 0.3) is 10.2 Å². The van der Waals surface area contributed by atoms with E-state index in [4.69, 9.17) is 5.26 Å². The van der Waals surface area contributed by atoms with E-state index in [2.05, 4.69) is 30.7 Å². The number of hydrogen-bond donors (Lipinski definition) is 2. The molecule has 0 aliphatic heterocycles. The lowest BCUT2D eigenvalue weighted by molar-refractivity contribution is 0.462. The fourth-order valence-electron chi connectivity index (χ4n) is 3.83. The smallest absolute Gasteiger partial charge is 0.231 e. The maximum atomic E-state index is 12.0. The Hall–Kier alpha value is -2.68. The summed E-state index contributed by atoms with van der Waals surface area (Å²) in [6.45, 7) is 1.97. The summed E-state index contributed by atoms with van der Waals surface area (Å²) in [7, 11) is -3.50. The number of rotatable bonds is 7. The van der Waals surface area contributed by atoms with Gasteiger partial charge in [-0.05, 0) is 67.4 Å². The zero-order valence-corrected chi connectivity index (χ0v) is 20.8. The lowest BCUT2D eigenvalue weighted by Crippen LogP contribution is -2.22. The molecule has 0 unspecified atom stereocenters. The fourth-order valence-corrected chi connectivity index (χ4v) is 5.71. The van der Waals surface area contributed by atoms with E-state index in [1.54, 1.807) is 6.07 Å². The molecule has 3 aromatic rings. The van der Waals surface area contributed by atoms with Gasteiger partial charge in [-0.1, -0.05) is 30.6 Å². The van der Waals surface area contributed by atoms with E-state index in [9.17, 15) is 8.42 Å². The van der Waals surface area contributed by atoms with E-state index in [1.807, 2.05) is 31.2 Å². The van der Waals surface area contributed by atoms with Gasteiger partial charge in [0.25, 0.3) is 0 Å². The highest BCUT2D eigenvalue weighted by atomic mass is 32.2. The Kier molecular flexibility index (Phi) is 7.17. The van der Waals surface area contributed by atoms with Crippen LogP contribution in [0.5, 0.6) is 0 Å². The van der Waals surface area contributed by atoms with Gasteiger partial charge in [0.2, 0.25) is 15.2 Å². The number of thioether (sulfide) groups is 1. The molecule has 0 radical (unpaired) electrons. The predicted octanol–water partition coefficient (Wildman–Crippen LogP) is 6.71. The Morgan fingerprint density at radius 3 is 2.67 bits per heavy atom. The second-order valence-electron chi connectivity index (χ2n) is 8.06. The quantitative estimate of drug-likeness (QED) is 0.211. The number of hydrogen-bond acceptors (Lipinski definition) is 9. The first-order valence-electron chi connectivity index (χ1n) is 10.6. The van der Waals surface area contributed by atoms with E-state index in [-0.39, 0.29) is 0 Å². The molecule has 2 aromatic carbocycles. The second kappa shape index (κ2) is 10.1. The molecule has 1 aliphatic rings. The SMILES string of the molecule is Cc1cc(N=Nc2nc3ccc(SC#N)cc3s2)c(NS(C)(=O)=O)cc1NC1CCCCC1. The molecule has 1 aliphatic carbocycles. The molecule has 8 nitrogen and oxygen atoms in total. The van der Waals surface area contributed by atoms with Crippen LogP contribution in [-0.4, -0.2) is 25.7 Å². The first kappa shape index (κ1) is 23.5. The van der Waals surface area contributed by atoms with Crippen LogP contribution in [0, 0.1) is 17.6 Å². The number of sulfonamides is 1. The lowest BCUT2D eigenvalue weighted by Gasteiger charge is -2.25. The summed E-state index contributed by atoms with van der Waals surface area (Å²) in [5.41, 5.74) is 3.44. The molecule has 0 saturated heterocycles. The molecular formula is C22H24N6O2S3. The van der Waals surface area contributed by atoms with Crippen molar-refractivity contribution in [2.45, 2.75) is 50.0 Å². The monoisotopic (exact) mass is 500 g/mol. The summed E-state index contributed by atoms with van der Waals surface area (Å²) in [4.78, 5) is 5.31. The standard InChI is InChI=1S/C22H24N6O2S3/c1-14-10-19(26-27-22-25-17-9-8-16(31-13-23)11-21(17)32-22)20(28-33(2,29)30)12-18(14)24-15-6-4-3-5-7-15/h8-12,15,24,28H,3-7H2,1-2H3. The number of fused-ring (bicyclic) bond motifs is 1. The Morgan fingerprint density at radius 1 is 1.15 bits per heavy atom. The average Bonchev–Trinajstić information content (AvgIpc) is 3.17. The summed E-state index contributed by atoms with van der Waals surface area (Å²) in [5, 5.41) is 23.5. The highest BCUT2D eigenvalue weighted by molar-refractivity contribution is 8.03. The van der Waals surface area contributed by atoms with Gasteiger partial charge in [-0.25, -0.2) is 13.4 Å². The van der Waals surface area contributed by atoms with Crippen molar-refractivity contribution in [2.75, 3.05) is 16.3 Å². The molecule has 0 spiro atoms. The van der Waals surface area contributed by atoms with E-state index in [0.29, 0.717) is 22.5 Å². The first-order valence-corrected chi connectivity index (χ1v) is 14.1. The van der Waals surface area contributed by atoms with Crippen molar-refractivity contribution in [2.24, 2.45) is 10.2 Å². The average molecular weight is 501 g/mol. The molecule has 2 N–H and O–H groups in total. The van der Waals surface area contributed by atoms with Crippen LogP contribution < -0.4 is 10.0 Å². The molecular weight excluding hydrogens is 476 g/mol. The highest BCUT2D eigenvalue weighted by Crippen LogP contribution is 2.36. The Balaban J connectivity index is 1.64. The van der Waals surface area contributed by atoms with Gasteiger partial charge in [-0.3, -0.25) is 4.72 Å². The summed E-state index contributed by atoms with van der Waals surface area (Å²) in [6.07, 6.45) is 7.02. The normalized spacial score (nSPS) is 15.1. The number of thiazole rings is 1. The number of nitrogens with one attached hydrogen (secondary N) is 2. The van der Waals surface area contributed by atoms with Crippen molar-refractivity contribution < 1.29 is 8.42 Å². The van der Waals surface area contributed by atoms with Gasteiger partial charge in [0.15, 0.2) is 0 Å². The van der Waals surface area contributed by atoms with Crippen LogP contribution in [0.4, 0.5) is 22.2 Å². The number of benzene rings is 2. The first-order chi connectivity index (χ1) is 15.8. The molecule has 0 atom stereocenters. The Bertz CT molecular complexity index is 1340. The van der Waals surface area contributed by atoms with Gasteiger partial charge in [0.05, 0.1) is 22.2 Å². The lowest BCUT2D eigenvalue weighted by atomic mass is 9.95. The molecule has 1 heterocycles. The van der Waals surface area contributed by atoms with Crippen LogP contribution in [-0.2, 0) is 10.0 Å². The van der Waals surface area contributed by atoms with E-state index < -0.39 is 10.0 Å². The highest BCUT2D eigenvalue weighted by Gasteiger charge is 2.17. The van der Waals surface area contributed by atoms with Gasteiger partial charge in [0.1, 0.15) is 11.1 Å². The van der Waals surface area contributed by atoms with Crippen molar-refractivity contribution in [3.05, 3.63) is 35.9 Å². The number of thiocyanates is 1. The van der Waals surface area contributed by atoms with E-state index >= 15 is 0 Å². The fraction of sp³-hybridized carbons (Fsp3) is 0.364. The van der Waals surface area contributed by atoms with Crippen molar-refractivity contribution in [3.63, 3.8) is 0 Å². The minimum Gasteiger partial charge on any atom is -0.382 e. The van der Waals surface area contributed by atoms with Gasteiger partial charge < -0.3 is 5.32 Å². The van der Waals surface area contributed by atoms with Gasteiger partial charge in [0, 0.05) is 16.6 Å². The molecule has 11 heteroatoms. The Morgan fingerprint density at radius 2 is 1.94 bits per heavy atom. The zero-order chi connectivity index (χ0) is 23.4. The summed E-state index contributed by atoms with van der Waals surface area (Å²) in [5.74, 6) is 0. The van der Waals surface area contributed by atoms with Crippen LogP contribution in [0.2, 0.25) is 0 Å². The number of nitriles is 1. The van der Waals surface area contributed by atoms with Crippen LogP contribution in [0.15, 0.2) is 45.5 Å². The summed E-state index contributed by atoms with van der Waals surface area (Å²) >= 11 is 2.45. The number of aryl methyl sites for hydroxylation is 1. The molecule has 33 heavy (non-hydrogen) atoms. The van der Waals surface area contributed by atoms with Gasteiger partial charge in [-0.15, -0.1) is 10.2 Å². The van der Waals surface area contributed by atoms with Crippen molar-refractivity contribution in [1.82, 2.24) is 4.98 Å². The molecule has 172 valence electrons. The summed E-state index contributed by atoms with van der Waals surface area (Å²) in [6, 6.07) is 9.60. The number of azo groups is 1. The molecule has 0 bridgehead atoms. The largest absolute Gasteiger partial charge is 0.382 e. The second-order valence-corrected chi connectivity index (χ2v) is 11.7. The predicted molar refractivity (Wildman–Crippen MR) is 135 cm³/mol. The third-order valence-corrected chi connectivity index (χ3v) is 7.43. The number of anilines is 2. The topological polar surface area (TPSA) is 120 Å². The minimum absolute atomic E-state index is 0.374. The maximum absolute atomic E-state index is 12.0. The molecule has 1 aromatic heterocycles. The van der Waals surface area contributed by atoms with Crippen LogP contribution >= 0.6 is 23.1 Å². The van der Waals surface area contributed by atoms with Crippen molar-refractivity contribution in [3.8, 4) is 5.40 Å². The number of aromatic nitrogens is 1. The molecule has 1 saturated carbocycles. The molecule has 0 amide bonds. The molecule has 4 rings (SSSR count). The Labute approximate surface area is 201 Å². The third kappa shape index (κ3) is 6.22. The van der Waals surface area contributed by atoms with Crippen molar-refractivity contribution >= 4 is 65.5 Å². The third-order valence-electron chi connectivity index (χ3n) is 5.36. The van der Waals surface area contributed by atoms with Crippen LogP contribution in [0.3, 0.4) is 0 Å². The van der Waals surface area contributed by atoms with E-state index in [1.165, 1.54) is 30.6 Å². The maximum Gasteiger partial charge on any atom is 0.231 e. The van der Waals surface area contributed by atoms with Gasteiger partial charge in [-0.2, -0.15) is 5.26 Å². The molecule has 1 fully saturated rings. The minimum atomic E-state index is -3.50. The van der Waals surface area contributed by atoms with Crippen molar-refractivity contribution in [1.29, 1.82) is 5.26 Å². The zero-order valence-electron chi connectivity index (χ0n) is 18.3.